The topological polar surface area (TPSA) is 105 Å². The summed E-state index contributed by atoms with van der Waals surface area (Å²) in [6, 6.07) is 6.95. The number of carbonyl (C=O) groups excluding carboxylic acids is 1. The first kappa shape index (κ1) is 15.9. The quantitative estimate of drug-likeness (QED) is 0.787. The van der Waals surface area contributed by atoms with E-state index in [0.717, 1.165) is 0 Å². The number of fused-ring (bicyclic) bond motifs is 1. The molecule has 3 rings (SSSR count). The summed E-state index contributed by atoms with van der Waals surface area (Å²) in [5, 5.41) is 29.9. The van der Waals surface area contributed by atoms with Gasteiger partial charge in [0.25, 0.3) is 0 Å². The number of Topliss-reactive ketones (excluding diaryl/α,β-unsaturated/α-hetero) is 1. The lowest BCUT2D eigenvalue weighted by Crippen LogP contribution is -2.36. The molecule has 0 radical (unpaired) electrons. The minimum absolute atomic E-state index is 0.0578. The lowest BCUT2D eigenvalue weighted by molar-refractivity contribution is 0.0214. The molecule has 7 nitrogen and oxygen atoms in total. The summed E-state index contributed by atoms with van der Waals surface area (Å²) in [4.78, 5) is 12.4. The summed E-state index contributed by atoms with van der Waals surface area (Å²) in [7, 11) is 2.74. The van der Waals surface area contributed by atoms with Crippen LogP contribution in [0.5, 0.6) is 28.7 Å². The number of methoxy groups -OCH3 is 2. The highest BCUT2D eigenvalue weighted by atomic mass is 16.5. The number of ether oxygens (including phenoxy) is 3. The van der Waals surface area contributed by atoms with Crippen molar-refractivity contribution in [2.24, 2.45) is 0 Å². The molecule has 126 valence electrons. The number of aliphatic hydroxyl groups excluding tert-OH is 1. The van der Waals surface area contributed by atoms with Crippen LogP contribution in [0.2, 0.25) is 0 Å². The van der Waals surface area contributed by atoms with Gasteiger partial charge in [0.1, 0.15) is 11.5 Å². The van der Waals surface area contributed by atoms with E-state index in [0.29, 0.717) is 5.56 Å². The molecule has 0 saturated heterocycles. The van der Waals surface area contributed by atoms with Gasteiger partial charge in [0.05, 0.1) is 19.8 Å². The Morgan fingerprint density at radius 1 is 1.04 bits per heavy atom. The van der Waals surface area contributed by atoms with E-state index in [9.17, 15) is 20.1 Å². The van der Waals surface area contributed by atoms with Gasteiger partial charge in [0.15, 0.2) is 29.5 Å². The summed E-state index contributed by atoms with van der Waals surface area (Å²) in [5.74, 6) is -0.367. The minimum Gasteiger partial charge on any atom is -0.508 e. The van der Waals surface area contributed by atoms with E-state index < -0.39 is 18.0 Å². The predicted octanol–water partition coefficient (Wildman–Crippen LogP) is 1.79. The summed E-state index contributed by atoms with van der Waals surface area (Å²) in [6.45, 7) is 0. The Morgan fingerprint density at radius 2 is 1.67 bits per heavy atom. The van der Waals surface area contributed by atoms with Crippen LogP contribution in [0, 0.1) is 0 Å². The fourth-order valence-corrected chi connectivity index (χ4v) is 2.64. The van der Waals surface area contributed by atoms with Crippen molar-refractivity contribution in [3.63, 3.8) is 0 Å². The maximum Gasteiger partial charge on any atom is 0.200 e. The van der Waals surface area contributed by atoms with E-state index in [1.807, 2.05) is 0 Å². The molecule has 1 aliphatic heterocycles. The second-order valence-corrected chi connectivity index (χ2v) is 5.30. The highest BCUT2D eigenvalue weighted by molar-refractivity contribution is 6.03. The van der Waals surface area contributed by atoms with Gasteiger partial charge in [-0.05, 0) is 24.3 Å². The third-order valence-electron chi connectivity index (χ3n) is 3.87. The van der Waals surface area contributed by atoms with E-state index in [2.05, 4.69) is 0 Å². The number of aliphatic hydroxyl groups is 1. The highest BCUT2D eigenvalue weighted by Gasteiger charge is 2.38. The molecule has 0 aliphatic carbocycles. The number of hydrogen-bond acceptors (Lipinski definition) is 7. The van der Waals surface area contributed by atoms with Crippen LogP contribution in [0.15, 0.2) is 30.3 Å². The van der Waals surface area contributed by atoms with Crippen LogP contribution < -0.4 is 14.2 Å². The second-order valence-electron chi connectivity index (χ2n) is 5.30. The van der Waals surface area contributed by atoms with Gasteiger partial charge in [-0.15, -0.1) is 0 Å². The first-order valence-electron chi connectivity index (χ1n) is 7.13. The van der Waals surface area contributed by atoms with Crippen molar-refractivity contribution >= 4 is 5.78 Å². The number of phenolic OH excluding ortho intramolecular Hbond substituents is 2. The molecular formula is C17H16O7. The van der Waals surface area contributed by atoms with Crippen LogP contribution in [-0.4, -0.2) is 41.4 Å². The normalized spacial score (nSPS) is 19.4. The van der Waals surface area contributed by atoms with Crippen molar-refractivity contribution in [2.75, 3.05) is 14.2 Å². The Balaban J connectivity index is 2.08. The number of carbonyl (C=O) groups is 1. The Labute approximate surface area is 137 Å². The number of rotatable bonds is 3. The minimum atomic E-state index is -1.44. The van der Waals surface area contributed by atoms with Crippen molar-refractivity contribution in [2.45, 2.75) is 12.2 Å². The molecule has 0 bridgehead atoms. The Bertz CT molecular complexity index is 775. The molecule has 3 N–H and O–H groups in total. The van der Waals surface area contributed by atoms with Crippen LogP contribution in [0.1, 0.15) is 22.0 Å². The Kier molecular flexibility index (Phi) is 3.94. The molecule has 2 unspecified atom stereocenters. The molecule has 0 saturated carbocycles. The number of ketones is 1. The molecule has 1 heterocycles. The second kappa shape index (κ2) is 5.93. The molecule has 7 heteroatoms. The van der Waals surface area contributed by atoms with Crippen molar-refractivity contribution in [1.29, 1.82) is 0 Å². The molecule has 0 spiro atoms. The third kappa shape index (κ3) is 2.48. The van der Waals surface area contributed by atoms with Crippen LogP contribution in [0.4, 0.5) is 0 Å². The zero-order valence-corrected chi connectivity index (χ0v) is 13.0. The van der Waals surface area contributed by atoms with E-state index in [-0.39, 0.29) is 34.3 Å². The van der Waals surface area contributed by atoms with Gasteiger partial charge in [-0.1, -0.05) is 0 Å². The predicted molar refractivity (Wildman–Crippen MR) is 83.0 cm³/mol. The Hall–Kier alpha value is -2.93. The molecule has 0 amide bonds. The van der Waals surface area contributed by atoms with E-state index >= 15 is 0 Å². The maximum absolute atomic E-state index is 12.4. The number of hydrogen-bond donors (Lipinski definition) is 3. The largest absolute Gasteiger partial charge is 0.508 e. The van der Waals surface area contributed by atoms with E-state index in [1.165, 1.54) is 44.6 Å². The third-order valence-corrected chi connectivity index (χ3v) is 3.87. The molecular weight excluding hydrogens is 316 g/mol. The summed E-state index contributed by atoms with van der Waals surface area (Å²) < 4.78 is 15.9. The highest BCUT2D eigenvalue weighted by Crippen LogP contribution is 2.43. The first-order chi connectivity index (χ1) is 11.5. The standard InChI is InChI=1S/C17H16O7/c1-22-12-5-8(6-13(23-2)15(12)20)17-16(21)14(19)10-4-3-9(18)7-11(10)24-17/h3-7,16-18,20-21H,1-2H3. The first-order valence-corrected chi connectivity index (χ1v) is 7.13. The Morgan fingerprint density at radius 3 is 2.25 bits per heavy atom. The number of aromatic hydroxyl groups is 2. The van der Waals surface area contributed by atoms with Gasteiger partial charge in [-0.25, -0.2) is 0 Å². The fourth-order valence-electron chi connectivity index (χ4n) is 2.64. The number of phenols is 2. The molecule has 1 aliphatic rings. The van der Waals surface area contributed by atoms with Crippen LogP contribution in [0.3, 0.4) is 0 Å². The lowest BCUT2D eigenvalue weighted by Gasteiger charge is -2.30. The molecule has 2 aromatic rings. The van der Waals surface area contributed by atoms with Gasteiger partial charge in [0, 0.05) is 11.6 Å². The van der Waals surface area contributed by atoms with Crippen molar-refractivity contribution in [3.05, 3.63) is 41.5 Å². The van der Waals surface area contributed by atoms with Gasteiger partial charge in [-0.3, -0.25) is 4.79 Å². The molecule has 0 fully saturated rings. The molecule has 2 aromatic carbocycles. The van der Waals surface area contributed by atoms with Crippen LogP contribution in [-0.2, 0) is 0 Å². The zero-order valence-electron chi connectivity index (χ0n) is 13.0. The van der Waals surface area contributed by atoms with Gasteiger partial charge < -0.3 is 29.5 Å². The summed E-state index contributed by atoms with van der Waals surface area (Å²) in [5.41, 5.74) is 0.575. The number of benzene rings is 2. The van der Waals surface area contributed by atoms with E-state index in [1.54, 1.807) is 0 Å². The smallest absolute Gasteiger partial charge is 0.200 e. The van der Waals surface area contributed by atoms with E-state index in [4.69, 9.17) is 14.2 Å². The van der Waals surface area contributed by atoms with Crippen molar-refractivity contribution in [1.82, 2.24) is 0 Å². The van der Waals surface area contributed by atoms with Gasteiger partial charge in [-0.2, -0.15) is 0 Å². The fraction of sp³-hybridized carbons (Fsp3) is 0.235. The average molecular weight is 332 g/mol. The average Bonchev–Trinajstić information content (AvgIpc) is 2.58. The van der Waals surface area contributed by atoms with Crippen LogP contribution >= 0.6 is 0 Å². The molecule has 0 aromatic heterocycles. The van der Waals surface area contributed by atoms with Crippen LogP contribution in [0.25, 0.3) is 0 Å². The van der Waals surface area contributed by atoms with Gasteiger partial charge in [0.2, 0.25) is 5.75 Å². The molecule has 2 atom stereocenters. The SMILES string of the molecule is COc1cc(C2Oc3cc(O)ccc3C(=O)C2O)cc(OC)c1O. The summed E-state index contributed by atoms with van der Waals surface area (Å²) in [6.07, 6.45) is -2.48. The maximum atomic E-state index is 12.4. The van der Waals surface area contributed by atoms with Crippen molar-refractivity contribution < 1.29 is 34.3 Å². The molecule has 24 heavy (non-hydrogen) atoms. The summed E-state index contributed by atoms with van der Waals surface area (Å²) >= 11 is 0. The zero-order chi connectivity index (χ0) is 17.4. The monoisotopic (exact) mass is 332 g/mol. The van der Waals surface area contributed by atoms with Crippen molar-refractivity contribution in [3.8, 4) is 28.7 Å². The lowest BCUT2D eigenvalue weighted by atomic mass is 9.93. The van der Waals surface area contributed by atoms with Gasteiger partial charge >= 0.3 is 0 Å².